The molecule has 7 heteroatoms. The summed E-state index contributed by atoms with van der Waals surface area (Å²) in [5, 5.41) is 10.7. The van der Waals surface area contributed by atoms with Crippen molar-refractivity contribution in [2.24, 2.45) is 0 Å². The van der Waals surface area contributed by atoms with Crippen LogP contribution in [0.1, 0.15) is 17.2 Å². The van der Waals surface area contributed by atoms with Crippen molar-refractivity contribution in [2.45, 2.75) is 12.8 Å². The summed E-state index contributed by atoms with van der Waals surface area (Å²) >= 11 is 0. The first-order valence-electron chi connectivity index (χ1n) is 4.46. The number of carboxylic acids is 1. The van der Waals surface area contributed by atoms with Gasteiger partial charge in [0, 0.05) is 0 Å². The van der Waals surface area contributed by atoms with Crippen molar-refractivity contribution >= 4 is 5.97 Å². The molecule has 16 heavy (non-hydrogen) atoms. The first-order valence-corrected chi connectivity index (χ1v) is 4.46. The highest BCUT2D eigenvalue weighted by atomic mass is 16.5. The highest BCUT2D eigenvalue weighted by Crippen LogP contribution is 2.09. The van der Waals surface area contributed by atoms with E-state index in [1.54, 1.807) is 0 Å². The van der Waals surface area contributed by atoms with Crippen LogP contribution in [0, 0.1) is 0 Å². The van der Waals surface area contributed by atoms with Crippen molar-refractivity contribution in [3.05, 3.63) is 40.0 Å². The Morgan fingerprint density at radius 1 is 1.56 bits per heavy atom. The average molecular weight is 224 g/mol. The van der Waals surface area contributed by atoms with Gasteiger partial charge in [-0.05, 0) is 0 Å². The molecule has 7 nitrogen and oxygen atoms in total. The Balaban J connectivity index is 2.28. The van der Waals surface area contributed by atoms with Crippen molar-refractivity contribution in [3.8, 4) is 0 Å². The molecule has 0 amide bonds. The van der Waals surface area contributed by atoms with E-state index in [-0.39, 0.29) is 24.2 Å². The number of oxazole rings is 1. The van der Waals surface area contributed by atoms with E-state index in [1.165, 1.54) is 12.5 Å². The van der Waals surface area contributed by atoms with Crippen molar-refractivity contribution in [3.63, 3.8) is 0 Å². The third-order valence-corrected chi connectivity index (χ3v) is 2.00. The number of carbonyl (C=O) groups is 1. The van der Waals surface area contributed by atoms with E-state index in [2.05, 4.69) is 10.1 Å². The Kier molecular flexibility index (Phi) is 2.59. The maximum atomic E-state index is 11.3. The van der Waals surface area contributed by atoms with Crippen LogP contribution in [0.2, 0.25) is 0 Å². The quantitative estimate of drug-likeness (QED) is 0.766. The number of nitrogens with zero attached hydrogens (tertiary/aromatic N) is 1. The zero-order chi connectivity index (χ0) is 11.5. The zero-order valence-electron chi connectivity index (χ0n) is 8.10. The number of carboxylic acid groups (broad SMARTS) is 1. The molecule has 2 aromatic rings. The maximum Gasteiger partial charge on any atom is 0.311 e. The molecule has 0 saturated heterocycles. The summed E-state index contributed by atoms with van der Waals surface area (Å²) in [5.74, 6) is -0.648. The third kappa shape index (κ3) is 2.02. The van der Waals surface area contributed by atoms with Gasteiger partial charge in [0.2, 0.25) is 0 Å². The van der Waals surface area contributed by atoms with E-state index in [1.807, 2.05) is 0 Å². The van der Waals surface area contributed by atoms with Crippen LogP contribution in [0.25, 0.3) is 0 Å². The summed E-state index contributed by atoms with van der Waals surface area (Å²) in [6.45, 7) is 0. The number of H-pyrrole nitrogens is 1. The fourth-order valence-corrected chi connectivity index (χ4v) is 1.31. The molecule has 2 heterocycles. The van der Waals surface area contributed by atoms with Crippen LogP contribution >= 0.6 is 0 Å². The molecular formula is C9H8N2O5. The highest BCUT2D eigenvalue weighted by Gasteiger charge is 2.17. The predicted molar refractivity (Wildman–Crippen MR) is 50.0 cm³/mol. The van der Waals surface area contributed by atoms with Gasteiger partial charge in [-0.15, -0.1) is 0 Å². The van der Waals surface area contributed by atoms with Gasteiger partial charge in [0.15, 0.2) is 11.7 Å². The van der Waals surface area contributed by atoms with Gasteiger partial charge in [-0.2, -0.15) is 5.16 Å². The lowest BCUT2D eigenvalue weighted by atomic mass is 10.1. The summed E-state index contributed by atoms with van der Waals surface area (Å²) in [6, 6.07) is 0. The SMILES string of the molecule is O=C(O)Cc1o[nH]c(=O)c1Cc1ncco1. The van der Waals surface area contributed by atoms with Crippen molar-refractivity contribution in [1.29, 1.82) is 0 Å². The molecule has 0 bridgehead atoms. The standard InChI is InChI=1S/C9H8N2O5/c12-8(13)4-6-5(9(14)11-16-6)3-7-10-1-2-15-7/h1-2H,3-4H2,(H,11,14)(H,12,13). The Morgan fingerprint density at radius 2 is 2.38 bits per heavy atom. The van der Waals surface area contributed by atoms with Crippen LogP contribution < -0.4 is 5.56 Å². The summed E-state index contributed by atoms with van der Waals surface area (Å²) in [6.07, 6.45) is 2.58. The van der Waals surface area contributed by atoms with E-state index in [0.29, 0.717) is 5.89 Å². The zero-order valence-corrected chi connectivity index (χ0v) is 8.10. The summed E-state index contributed by atoms with van der Waals surface area (Å²) in [7, 11) is 0. The second kappa shape index (κ2) is 4.05. The summed E-state index contributed by atoms with van der Waals surface area (Å²) in [5.41, 5.74) is -0.237. The minimum atomic E-state index is -1.07. The molecule has 0 atom stereocenters. The second-order valence-electron chi connectivity index (χ2n) is 3.11. The van der Waals surface area contributed by atoms with Gasteiger partial charge in [-0.3, -0.25) is 9.59 Å². The van der Waals surface area contributed by atoms with Gasteiger partial charge in [0.1, 0.15) is 12.7 Å². The number of aromatic nitrogens is 2. The molecule has 2 N–H and O–H groups in total. The monoisotopic (exact) mass is 224 g/mol. The van der Waals surface area contributed by atoms with Crippen LogP contribution in [0.4, 0.5) is 0 Å². The molecule has 84 valence electrons. The van der Waals surface area contributed by atoms with Gasteiger partial charge in [0.05, 0.1) is 18.2 Å². The Hall–Kier alpha value is -2.31. The fourth-order valence-electron chi connectivity index (χ4n) is 1.31. The van der Waals surface area contributed by atoms with E-state index >= 15 is 0 Å². The number of hydrogen-bond donors (Lipinski definition) is 2. The number of aromatic amines is 1. The van der Waals surface area contributed by atoms with Crippen LogP contribution in [-0.4, -0.2) is 21.2 Å². The number of aliphatic carboxylic acids is 1. The van der Waals surface area contributed by atoms with Crippen LogP contribution in [0.5, 0.6) is 0 Å². The molecule has 2 aromatic heterocycles. The molecule has 0 fully saturated rings. The molecule has 0 aliphatic heterocycles. The van der Waals surface area contributed by atoms with Gasteiger partial charge in [-0.25, -0.2) is 4.98 Å². The number of hydrogen-bond acceptors (Lipinski definition) is 5. The lowest BCUT2D eigenvalue weighted by Crippen LogP contribution is -2.10. The minimum absolute atomic E-state index is 0.0932. The van der Waals surface area contributed by atoms with E-state index in [9.17, 15) is 9.59 Å². The lowest BCUT2D eigenvalue weighted by molar-refractivity contribution is -0.136. The van der Waals surface area contributed by atoms with Crippen LogP contribution in [0.3, 0.4) is 0 Å². The summed E-state index contributed by atoms with van der Waals surface area (Å²) < 4.78 is 9.74. The Morgan fingerprint density at radius 3 is 3.00 bits per heavy atom. The third-order valence-electron chi connectivity index (χ3n) is 2.00. The largest absolute Gasteiger partial charge is 0.481 e. The van der Waals surface area contributed by atoms with E-state index < -0.39 is 11.5 Å². The van der Waals surface area contributed by atoms with Crippen molar-refractivity contribution in [1.82, 2.24) is 10.1 Å². The number of nitrogens with one attached hydrogen (secondary N) is 1. The van der Waals surface area contributed by atoms with Gasteiger partial charge in [0.25, 0.3) is 5.56 Å². The normalized spacial score (nSPS) is 10.5. The Labute approximate surface area is 88.7 Å². The lowest BCUT2D eigenvalue weighted by Gasteiger charge is -1.94. The molecule has 0 aliphatic rings. The molecule has 0 aliphatic carbocycles. The first-order chi connectivity index (χ1) is 7.66. The molecule has 0 unspecified atom stereocenters. The van der Waals surface area contributed by atoms with Crippen LogP contribution in [0.15, 0.2) is 26.2 Å². The molecule has 0 saturated carbocycles. The van der Waals surface area contributed by atoms with Crippen molar-refractivity contribution < 1.29 is 18.8 Å². The van der Waals surface area contributed by atoms with Gasteiger partial charge >= 0.3 is 5.97 Å². The Bertz CT molecular complexity index is 537. The minimum Gasteiger partial charge on any atom is -0.481 e. The number of rotatable bonds is 4. The maximum absolute atomic E-state index is 11.3. The first kappa shape index (κ1) is 10.2. The smallest absolute Gasteiger partial charge is 0.311 e. The molecule has 0 aromatic carbocycles. The molecule has 0 spiro atoms. The fraction of sp³-hybridized carbons (Fsp3) is 0.222. The van der Waals surface area contributed by atoms with Gasteiger partial charge < -0.3 is 14.0 Å². The van der Waals surface area contributed by atoms with Crippen LogP contribution in [-0.2, 0) is 17.6 Å². The van der Waals surface area contributed by atoms with E-state index in [4.69, 9.17) is 14.0 Å². The molecular weight excluding hydrogens is 216 g/mol. The topological polar surface area (TPSA) is 109 Å². The highest BCUT2D eigenvalue weighted by molar-refractivity contribution is 5.69. The second-order valence-corrected chi connectivity index (χ2v) is 3.11. The molecule has 2 rings (SSSR count). The van der Waals surface area contributed by atoms with E-state index in [0.717, 1.165) is 0 Å². The van der Waals surface area contributed by atoms with Crippen molar-refractivity contribution in [2.75, 3.05) is 0 Å². The molecule has 0 radical (unpaired) electrons. The summed E-state index contributed by atoms with van der Waals surface area (Å²) in [4.78, 5) is 25.7. The average Bonchev–Trinajstić information content (AvgIpc) is 2.82. The predicted octanol–water partition coefficient (Wildman–Crippen LogP) is 0.174. The van der Waals surface area contributed by atoms with Gasteiger partial charge in [-0.1, -0.05) is 0 Å².